The van der Waals surface area contributed by atoms with Crippen molar-refractivity contribution in [1.29, 1.82) is 0 Å². The van der Waals surface area contributed by atoms with E-state index in [1.54, 1.807) is 14.2 Å². The number of aliphatic hydroxyl groups excluding tert-OH is 1. The van der Waals surface area contributed by atoms with Crippen molar-refractivity contribution in [3.05, 3.63) is 29.8 Å². The Hall–Kier alpha value is -1.06. The van der Waals surface area contributed by atoms with Gasteiger partial charge in [0.25, 0.3) is 0 Å². The minimum Gasteiger partial charge on any atom is -0.497 e. The standard InChI is InChI=1S/C14H22O3/c1-10(2)14(17-4)13(15)9-11-6-5-7-12(8-11)16-3/h5-8,10,13-15H,9H2,1-4H3. The predicted octanol–water partition coefficient (Wildman–Crippen LogP) is 2.27. The fourth-order valence-electron chi connectivity index (χ4n) is 2.03. The first-order valence-corrected chi connectivity index (χ1v) is 5.92. The molecule has 1 rings (SSSR count). The molecular weight excluding hydrogens is 216 g/mol. The van der Waals surface area contributed by atoms with Crippen LogP contribution < -0.4 is 4.74 Å². The highest BCUT2D eigenvalue weighted by atomic mass is 16.5. The molecular formula is C14H22O3. The van der Waals surface area contributed by atoms with Crippen molar-refractivity contribution in [2.75, 3.05) is 14.2 Å². The normalized spacial score (nSPS) is 14.7. The van der Waals surface area contributed by atoms with Crippen LogP contribution in [0.3, 0.4) is 0 Å². The van der Waals surface area contributed by atoms with Crippen LogP contribution in [0.5, 0.6) is 5.75 Å². The van der Waals surface area contributed by atoms with Crippen LogP contribution in [0, 0.1) is 5.92 Å². The minimum atomic E-state index is -0.493. The summed E-state index contributed by atoms with van der Waals surface area (Å²) >= 11 is 0. The first-order chi connectivity index (χ1) is 8.08. The molecule has 0 amide bonds. The molecule has 1 aromatic carbocycles. The van der Waals surface area contributed by atoms with Gasteiger partial charge in [-0.15, -0.1) is 0 Å². The Kier molecular flexibility index (Phi) is 5.45. The van der Waals surface area contributed by atoms with Gasteiger partial charge in [-0.2, -0.15) is 0 Å². The van der Waals surface area contributed by atoms with Crippen LogP contribution in [0.1, 0.15) is 19.4 Å². The lowest BCUT2D eigenvalue weighted by Crippen LogP contribution is -2.34. The number of benzene rings is 1. The molecule has 0 radical (unpaired) electrons. The molecule has 1 N–H and O–H groups in total. The molecule has 96 valence electrons. The quantitative estimate of drug-likeness (QED) is 0.826. The number of hydrogen-bond acceptors (Lipinski definition) is 3. The van der Waals surface area contributed by atoms with Gasteiger partial charge < -0.3 is 14.6 Å². The highest BCUT2D eigenvalue weighted by molar-refractivity contribution is 5.28. The van der Waals surface area contributed by atoms with Crippen molar-refractivity contribution >= 4 is 0 Å². The Morgan fingerprint density at radius 3 is 2.47 bits per heavy atom. The fraction of sp³-hybridized carbons (Fsp3) is 0.571. The topological polar surface area (TPSA) is 38.7 Å². The van der Waals surface area contributed by atoms with E-state index in [9.17, 15) is 5.11 Å². The molecule has 0 aliphatic carbocycles. The summed E-state index contributed by atoms with van der Waals surface area (Å²) in [5.41, 5.74) is 1.06. The van der Waals surface area contributed by atoms with E-state index < -0.39 is 6.10 Å². The van der Waals surface area contributed by atoms with Gasteiger partial charge in [-0.05, 0) is 23.6 Å². The summed E-state index contributed by atoms with van der Waals surface area (Å²) in [5, 5.41) is 10.1. The van der Waals surface area contributed by atoms with Crippen molar-refractivity contribution in [1.82, 2.24) is 0 Å². The summed E-state index contributed by atoms with van der Waals surface area (Å²) in [4.78, 5) is 0. The first kappa shape index (κ1) is 14.0. The molecule has 1 aromatic rings. The molecule has 0 heterocycles. The molecule has 2 unspecified atom stereocenters. The zero-order chi connectivity index (χ0) is 12.8. The maximum Gasteiger partial charge on any atom is 0.119 e. The van der Waals surface area contributed by atoms with E-state index in [1.165, 1.54) is 0 Å². The van der Waals surface area contributed by atoms with Crippen LogP contribution in [0.15, 0.2) is 24.3 Å². The van der Waals surface area contributed by atoms with E-state index in [0.717, 1.165) is 11.3 Å². The molecule has 3 nitrogen and oxygen atoms in total. The predicted molar refractivity (Wildman–Crippen MR) is 68.3 cm³/mol. The smallest absolute Gasteiger partial charge is 0.119 e. The molecule has 0 saturated carbocycles. The summed E-state index contributed by atoms with van der Waals surface area (Å²) in [7, 11) is 3.28. The zero-order valence-electron chi connectivity index (χ0n) is 11.0. The third kappa shape index (κ3) is 4.02. The van der Waals surface area contributed by atoms with E-state index in [1.807, 2.05) is 38.1 Å². The largest absolute Gasteiger partial charge is 0.497 e. The third-order valence-electron chi connectivity index (χ3n) is 2.89. The summed E-state index contributed by atoms with van der Waals surface area (Å²) in [6, 6.07) is 7.75. The molecule has 2 atom stereocenters. The SMILES string of the molecule is COc1cccc(CC(O)C(OC)C(C)C)c1. The van der Waals surface area contributed by atoms with Gasteiger partial charge in [0.15, 0.2) is 0 Å². The third-order valence-corrected chi connectivity index (χ3v) is 2.89. The summed E-state index contributed by atoms with van der Waals surface area (Å²) < 4.78 is 10.5. The second-order valence-electron chi connectivity index (χ2n) is 4.57. The Balaban J connectivity index is 2.69. The number of rotatable bonds is 6. The molecule has 0 aliphatic rings. The number of methoxy groups -OCH3 is 2. The van der Waals surface area contributed by atoms with Crippen LogP contribution in [-0.2, 0) is 11.2 Å². The molecule has 0 fully saturated rings. The van der Waals surface area contributed by atoms with Crippen molar-refractivity contribution in [3.8, 4) is 5.75 Å². The van der Waals surface area contributed by atoms with Crippen LogP contribution in [-0.4, -0.2) is 31.5 Å². The molecule has 0 bridgehead atoms. The lowest BCUT2D eigenvalue weighted by molar-refractivity contribution is -0.0368. The number of ether oxygens (including phenoxy) is 2. The fourth-order valence-corrected chi connectivity index (χ4v) is 2.03. The second-order valence-corrected chi connectivity index (χ2v) is 4.57. The lowest BCUT2D eigenvalue weighted by atomic mass is 9.96. The molecule has 0 aromatic heterocycles. The Bertz CT molecular complexity index is 336. The molecule has 3 heteroatoms. The monoisotopic (exact) mass is 238 g/mol. The maximum absolute atomic E-state index is 10.1. The Morgan fingerprint density at radius 1 is 1.24 bits per heavy atom. The van der Waals surface area contributed by atoms with Crippen LogP contribution >= 0.6 is 0 Å². The van der Waals surface area contributed by atoms with Crippen molar-refractivity contribution in [2.24, 2.45) is 5.92 Å². The minimum absolute atomic E-state index is 0.138. The van der Waals surface area contributed by atoms with Gasteiger partial charge in [-0.25, -0.2) is 0 Å². The lowest BCUT2D eigenvalue weighted by Gasteiger charge is -2.25. The molecule has 0 aliphatic heterocycles. The van der Waals surface area contributed by atoms with E-state index in [-0.39, 0.29) is 6.10 Å². The van der Waals surface area contributed by atoms with E-state index in [0.29, 0.717) is 12.3 Å². The van der Waals surface area contributed by atoms with Crippen molar-refractivity contribution < 1.29 is 14.6 Å². The molecule has 17 heavy (non-hydrogen) atoms. The van der Waals surface area contributed by atoms with Crippen LogP contribution in [0.25, 0.3) is 0 Å². The molecule has 0 saturated heterocycles. The van der Waals surface area contributed by atoms with Gasteiger partial charge in [0.2, 0.25) is 0 Å². The second kappa shape index (κ2) is 6.62. The average molecular weight is 238 g/mol. The van der Waals surface area contributed by atoms with E-state index in [2.05, 4.69) is 0 Å². The maximum atomic E-state index is 10.1. The summed E-state index contributed by atoms with van der Waals surface area (Å²) in [6.45, 7) is 4.09. The average Bonchev–Trinajstić information content (AvgIpc) is 2.29. The van der Waals surface area contributed by atoms with E-state index in [4.69, 9.17) is 9.47 Å². The van der Waals surface area contributed by atoms with Gasteiger partial charge in [0.05, 0.1) is 19.3 Å². The molecule has 0 spiro atoms. The highest BCUT2D eigenvalue weighted by Crippen LogP contribution is 2.18. The van der Waals surface area contributed by atoms with Crippen LogP contribution in [0.4, 0.5) is 0 Å². The Morgan fingerprint density at radius 2 is 1.94 bits per heavy atom. The van der Waals surface area contributed by atoms with Crippen molar-refractivity contribution in [3.63, 3.8) is 0 Å². The van der Waals surface area contributed by atoms with Gasteiger partial charge >= 0.3 is 0 Å². The van der Waals surface area contributed by atoms with Gasteiger partial charge in [-0.1, -0.05) is 26.0 Å². The van der Waals surface area contributed by atoms with E-state index >= 15 is 0 Å². The van der Waals surface area contributed by atoms with Gasteiger partial charge in [-0.3, -0.25) is 0 Å². The van der Waals surface area contributed by atoms with Crippen LogP contribution in [0.2, 0.25) is 0 Å². The first-order valence-electron chi connectivity index (χ1n) is 5.92. The Labute approximate surface area is 103 Å². The van der Waals surface area contributed by atoms with Gasteiger partial charge in [0, 0.05) is 13.5 Å². The highest BCUT2D eigenvalue weighted by Gasteiger charge is 2.22. The summed E-state index contributed by atoms with van der Waals surface area (Å²) in [5.74, 6) is 1.11. The van der Waals surface area contributed by atoms with Gasteiger partial charge in [0.1, 0.15) is 5.75 Å². The number of hydrogen-bond donors (Lipinski definition) is 1. The number of aliphatic hydroxyl groups is 1. The zero-order valence-corrected chi connectivity index (χ0v) is 11.0. The van der Waals surface area contributed by atoms with Crippen molar-refractivity contribution in [2.45, 2.75) is 32.5 Å². The summed E-state index contributed by atoms with van der Waals surface area (Å²) in [6.07, 6.45) is -0.0539.